The summed E-state index contributed by atoms with van der Waals surface area (Å²) in [4.78, 5) is 12.3. The molecule has 3 rings (SSSR count). The lowest BCUT2D eigenvalue weighted by Crippen LogP contribution is -2.17. The topological polar surface area (TPSA) is 75.3 Å². The number of anilines is 2. The number of carbonyl (C=O) groups is 1. The predicted octanol–water partition coefficient (Wildman–Crippen LogP) is 4.53. The molecule has 0 saturated heterocycles. The minimum atomic E-state index is -3.95. The number of benzene rings is 3. The second-order valence-electron chi connectivity index (χ2n) is 5.57. The van der Waals surface area contributed by atoms with Crippen LogP contribution in [-0.4, -0.2) is 14.3 Å². The van der Waals surface area contributed by atoms with Crippen LogP contribution >= 0.6 is 11.6 Å². The van der Waals surface area contributed by atoms with Gasteiger partial charge in [-0.15, -0.1) is 0 Å². The zero-order chi connectivity index (χ0) is 19.4. The van der Waals surface area contributed by atoms with Gasteiger partial charge in [-0.1, -0.05) is 29.8 Å². The second kappa shape index (κ2) is 7.77. The van der Waals surface area contributed by atoms with Gasteiger partial charge in [-0.05, 0) is 54.6 Å². The Morgan fingerprint density at radius 2 is 1.56 bits per heavy atom. The van der Waals surface area contributed by atoms with Gasteiger partial charge in [0, 0.05) is 10.6 Å². The number of hydrogen-bond donors (Lipinski definition) is 2. The standard InChI is InChI=1S/C19H14ClFN2O3S/c20-14-5-3-4-13(12-14)19(24)22-17-6-1-2-7-18(17)23-27(25,26)16-10-8-15(21)9-11-16/h1-12,23H,(H,22,24). The van der Waals surface area contributed by atoms with Crippen LogP contribution in [0.5, 0.6) is 0 Å². The highest BCUT2D eigenvalue weighted by molar-refractivity contribution is 7.92. The normalized spacial score (nSPS) is 11.0. The Hall–Kier alpha value is -2.90. The van der Waals surface area contributed by atoms with Gasteiger partial charge in [-0.2, -0.15) is 0 Å². The minimum Gasteiger partial charge on any atom is -0.320 e. The van der Waals surface area contributed by atoms with Gasteiger partial charge in [0.05, 0.1) is 16.3 Å². The van der Waals surface area contributed by atoms with Crippen molar-refractivity contribution >= 4 is 38.9 Å². The predicted molar refractivity (Wildman–Crippen MR) is 103 cm³/mol. The highest BCUT2D eigenvalue weighted by Gasteiger charge is 2.17. The van der Waals surface area contributed by atoms with Crippen molar-refractivity contribution in [2.24, 2.45) is 0 Å². The first-order valence-corrected chi connectivity index (χ1v) is 9.65. The molecule has 0 heterocycles. The van der Waals surface area contributed by atoms with Crippen molar-refractivity contribution in [3.05, 3.63) is 89.2 Å². The fraction of sp³-hybridized carbons (Fsp3) is 0. The zero-order valence-corrected chi connectivity index (χ0v) is 15.4. The second-order valence-corrected chi connectivity index (χ2v) is 7.69. The van der Waals surface area contributed by atoms with Gasteiger partial charge < -0.3 is 5.32 Å². The largest absolute Gasteiger partial charge is 0.320 e. The summed E-state index contributed by atoms with van der Waals surface area (Å²) < 4.78 is 40.4. The van der Waals surface area contributed by atoms with E-state index in [1.54, 1.807) is 36.4 Å². The first-order chi connectivity index (χ1) is 12.8. The molecular weight excluding hydrogens is 391 g/mol. The molecule has 0 aliphatic heterocycles. The molecule has 27 heavy (non-hydrogen) atoms. The van der Waals surface area contributed by atoms with Gasteiger partial charge in [0.25, 0.3) is 15.9 Å². The molecule has 0 spiro atoms. The third-order valence-electron chi connectivity index (χ3n) is 3.63. The van der Waals surface area contributed by atoms with Gasteiger partial charge in [-0.3, -0.25) is 9.52 Å². The summed E-state index contributed by atoms with van der Waals surface area (Å²) in [5.74, 6) is -0.978. The number of rotatable bonds is 5. The number of sulfonamides is 1. The Morgan fingerprint density at radius 1 is 0.889 bits per heavy atom. The van der Waals surface area contributed by atoms with Crippen LogP contribution in [0.3, 0.4) is 0 Å². The van der Waals surface area contributed by atoms with Gasteiger partial charge in [0.15, 0.2) is 0 Å². The number of halogens is 2. The fourth-order valence-electron chi connectivity index (χ4n) is 2.32. The van der Waals surface area contributed by atoms with Gasteiger partial charge in [0.1, 0.15) is 5.82 Å². The SMILES string of the molecule is O=C(Nc1ccccc1NS(=O)(=O)c1ccc(F)cc1)c1cccc(Cl)c1. The van der Waals surface area contributed by atoms with Crippen molar-refractivity contribution in [3.63, 3.8) is 0 Å². The Bertz CT molecular complexity index is 1090. The Labute approximate surface area is 160 Å². The Kier molecular flexibility index (Phi) is 5.43. The van der Waals surface area contributed by atoms with Crippen LogP contribution in [0.25, 0.3) is 0 Å². The van der Waals surface area contributed by atoms with E-state index in [1.807, 2.05) is 0 Å². The summed E-state index contributed by atoms with van der Waals surface area (Å²) in [6.45, 7) is 0. The summed E-state index contributed by atoms with van der Waals surface area (Å²) in [5.41, 5.74) is 0.782. The summed E-state index contributed by atoms with van der Waals surface area (Å²) in [6.07, 6.45) is 0. The van der Waals surface area contributed by atoms with E-state index in [4.69, 9.17) is 11.6 Å². The van der Waals surface area contributed by atoms with Crippen molar-refractivity contribution < 1.29 is 17.6 Å². The molecule has 0 radical (unpaired) electrons. The van der Waals surface area contributed by atoms with Crippen LogP contribution in [-0.2, 0) is 10.0 Å². The minimum absolute atomic E-state index is 0.0973. The molecule has 0 aliphatic carbocycles. The average Bonchev–Trinajstić information content (AvgIpc) is 2.63. The summed E-state index contributed by atoms with van der Waals surface area (Å²) in [7, 11) is -3.95. The maximum Gasteiger partial charge on any atom is 0.261 e. The van der Waals surface area contributed by atoms with E-state index in [1.165, 1.54) is 12.1 Å². The number of amides is 1. The Balaban J connectivity index is 1.86. The molecule has 5 nitrogen and oxygen atoms in total. The van der Waals surface area contributed by atoms with E-state index in [0.29, 0.717) is 10.6 Å². The van der Waals surface area contributed by atoms with Crippen LogP contribution in [0, 0.1) is 5.82 Å². The molecule has 138 valence electrons. The van der Waals surface area contributed by atoms with E-state index >= 15 is 0 Å². The third-order valence-corrected chi connectivity index (χ3v) is 5.25. The van der Waals surface area contributed by atoms with Crippen molar-refractivity contribution in [3.8, 4) is 0 Å². The molecule has 0 saturated carbocycles. The Morgan fingerprint density at radius 3 is 2.22 bits per heavy atom. The molecule has 0 atom stereocenters. The molecular formula is C19H14ClFN2O3S. The molecule has 8 heteroatoms. The van der Waals surface area contributed by atoms with E-state index in [2.05, 4.69) is 10.0 Å². The lowest BCUT2D eigenvalue weighted by Gasteiger charge is -2.13. The van der Waals surface area contributed by atoms with Gasteiger partial charge >= 0.3 is 0 Å². The maximum absolute atomic E-state index is 13.0. The van der Waals surface area contributed by atoms with Crippen molar-refractivity contribution in [2.75, 3.05) is 10.0 Å². The highest BCUT2D eigenvalue weighted by atomic mass is 35.5. The lowest BCUT2D eigenvalue weighted by atomic mass is 10.2. The van der Waals surface area contributed by atoms with Crippen LogP contribution in [0.4, 0.5) is 15.8 Å². The molecule has 0 aliphatic rings. The van der Waals surface area contributed by atoms with Crippen LogP contribution in [0.15, 0.2) is 77.7 Å². The summed E-state index contributed by atoms with van der Waals surface area (Å²) >= 11 is 5.89. The molecule has 0 aromatic heterocycles. The highest BCUT2D eigenvalue weighted by Crippen LogP contribution is 2.25. The summed E-state index contributed by atoms with van der Waals surface area (Å²) in [5, 5.41) is 3.06. The first kappa shape index (κ1) is 18.9. The van der Waals surface area contributed by atoms with Crippen LogP contribution in [0.2, 0.25) is 5.02 Å². The van der Waals surface area contributed by atoms with Gasteiger partial charge in [-0.25, -0.2) is 12.8 Å². The fourth-order valence-corrected chi connectivity index (χ4v) is 3.59. The van der Waals surface area contributed by atoms with E-state index in [0.717, 1.165) is 24.3 Å². The molecule has 0 unspecified atom stereocenters. The molecule has 0 fully saturated rings. The van der Waals surface area contributed by atoms with Crippen molar-refractivity contribution in [2.45, 2.75) is 4.90 Å². The number of para-hydroxylation sites is 2. The van der Waals surface area contributed by atoms with Gasteiger partial charge in [0.2, 0.25) is 0 Å². The van der Waals surface area contributed by atoms with E-state index in [9.17, 15) is 17.6 Å². The third kappa shape index (κ3) is 4.64. The van der Waals surface area contributed by atoms with E-state index < -0.39 is 21.7 Å². The molecule has 1 amide bonds. The van der Waals surface area contributed by atoms with Crippen LogP contribution in [0.1, 0.15) is 10.4 Å². The molecule has 2 N–H and O–H groups in total. The molecule has 0 bridgehead atoms. The number of nitrogens with one attached hydrogen (secondary N) is 2. The number of hydrogen-bond acceptors (Lipinski definition) is 3. The van der Waals surface area contributed by atoms with Crippen molar-refractivity contribution in [1.82, 2.24) is 0 Å². The maximum atomic E-state index is 13.0. The summed E-state index contributed by atoms with van der Waals surface area (Å²) in [6, 6.07) is 17.1. The zero-order valence-electron chi connectivity index (χ0n) is 13.8. The van der Waals surface area contributed by atoms with E-state index in [-0.39, 0.29) is 16.3 Å². The lowest BCUT2D eigenvalue weighted by molar-refractivity contribution is 0.102. The van der Waals surface area contributed by atoms with Crippen LogP contribution < -0.4 is 10.0 Å². The smallest absolute Gasteiger partial charge is 0.261 e. The monoisotopic (exact) mass is 404 g/mol. The molecule has 3 aromatic rings. The van der Waals surface area contributed by atoms with Crippen molar-refractivity contribution in [1.29, 1.82) is 0 Å². The quantitative estimate of drug-likeness (QED) is 0.655. The first-order valence-electron chi connectivity index (χ1n) is 7.79. The number of carbonyl (C=O) groups excluding carboxylic acids is 1. The molecule has 3 aromatic carbocycles. The average molecular weight is 405 g/mol.